The van der Waals surface area contributed by atoms with E-state index >= 15 is 0 Å². The van der Waals surface area contributed by atoms with Crippen LogP contribution in [0.5, 0.6) is 0 Å². The molecule has 5 nitrogen and oxygen atoms in total. The van der Waals surface area contributed by atoms with Crippen LogP contribution in [0, 0.1) is 0 Å². The molecule has 1 N–H and O–H groups in total. The maximum Gasteiger partial charge on any atom is 0.334 e. The van der Waals surface area contributed by atoms with Crippen LogP contribution in [0.4, 0.5) is 0 Å². The highest BCUT2D eigenvalue weighted by Crippen LogP contribution is 2.25. The Labute approximate surface area is 175 Å². The number of allylic oxidation sites excluding steroid dienone is 2. The Balaban J connectivity index is 1.66. The van der Waals surface area contributed by atoms with E-state index in [0.29, 0.717) is 30.5 Å². The van der Waals surface area contributed by atoms with Crippen molar-refractivity contribution in [2.45, 2.75) is 12.8 Å². The van der Waals surface area contributed by atoms with Crippen molar-refractivity contribution in [1.29, 1.82) is 0 Å². The Morgan fingerprint density at radius 2 is 1.73 bits per heavy atom. The number of para-hydroxylation sites is 1. The number of fused-ring (bicyclic) bond motifs is 1. The van der Waals surface area contributed by atoms with Crippen molar-refractivity contribution >= 4 is 22.8 Å². The van der Waals surface area contributed by atoms with Crippen LogP contribution in [0.15, 0.2) is 84.0 Å². The number of nitrogens with one attached hydrogen (secondary N) is 1. The van der Waals surface area contributed by atoms with Gasteiger partial charge in [-0.15, -0.1) is 0 Å². The fraction of sp³-hybridized carbons (Fsp3) is 0.160. The Morgan fingerprint density at radius 1 is 1.00 bits per heavy atom. The van der Waals surface area contributed by atoms with E-state index in [0.717, 1.165) is 27.7 Å². The van der Waals surface area contributed by atoms with Gasteiger partial charge in [-0.05, 0) is 30.5 Å². The van der Waals surface area contributed by atoms with Gasteiger partial charge in [-0.1, -0.05) is 60.7 Å². The third kappa shape index (κ3) is 4.01. The summed E-state index contributed by atoms with van der Waals surface area (Å²) in [5.41, 5.74) is 4.51. The molecule has 30 heavy (non-hydrogen) atoms. The number of methoxy groups -OCH3 is 1. The molecule has 1 aliphatic rings. The van der Waals surface area contributed by atoms with Gasteiger partial charge in [0.25, 0.3) is 5.91 Å². The lowest BCUT2D eigenvalue weighted by Crippen LogP contribution is -2.27. The van der Waals surface area contributed by atoms with Gasteiger partial charge in [-0.2, -0.15) is 0 Å². The minimum absolute atomic E-state index is 0.197. The molecule has 0 radical (unpaired) electrons. The largest absolute Gasteiger partial charge is 0.466 e. The number of hydrogen-bond acceptors (Lipinski definition) is 4. The van der Waals surface area contributed by atoms with Gasteiger partial charge in [0.05, 0.1) is 23.9 Å². The average molecular weight is 398 g/mol. The van der Waals surface area contributed by atoms with E-state index in [1.54, 1.807) is 0 Å². The number of pyridine rings is 1. The molecule has 1 heterocycles. The SMILES string of the molecule is COC(=O)C1=C(CNC(=O)c2cc(-c3ccccc3)nc3ccccc23)CC=CC1. The molecule has 3 aromatic rings. The molecule has 0 unspecified atom stereocenters. The first-order valence-electron chi connectivity index (χ1n) is 9.85. The van der Waals surface area contributed by atoms with E-state index in [-0.39, 0.29) is 11.9 Å². The molecule has 2 aromatic carbocycles. The molecule has 0 saturated heterocycles. The van der Waals surface area contributed by atoms with Gasteiger partial charge in [-0.25, -0.2) is 9.78 Å². The zero-order valence-corrected chi connectivity index (χ0v) is 16.7. The molecular weight excluding hydrogens is 376 g/mol. The van der Waals surface area contributed by atoms with E-state index in [4.69, 9.17) is 9.72 Å². The summed E-state index contributed by atoms with van der Waals surface area (Å²) in [6.45, 7) is 0.297. The Kier molecular flexibility index (Phi) is 5.70. The third-order valence-electron chi connectivity index (χ3n) is 5.20. The third-order valence-corrected chi connectivity index (χ3v) is 5.20. The van der Waals surface area contributed by atoms with Crippen LogP contribution in [0.2, 0.25) is 0 Å². The number of hydrogen-bond donors (Lipinski definition) is 1. The highest BCUT2D eigenvalue weighted by Gasteiger charge is 2.19. The zero-order chi connectivity index (χ0) is 20.9. The van der Waals surface area contributed by atoms with Gasteiger partial charge in [0, 0.05) is 23.1 Å². The molecule has 4 rings (SSSR count). The molecule has 0 bridgehead atoms. The maximum absolute atomic E-state index is 13.1. The summed E-state index contributed by atoms with van der Waals surface area (Å²) in [6.07, 6.45) is 5.09. The lowest BCUT2D eigenvalue weighted by molar-refractivity contribution is -0.136. The number of esters is 1. The number of carbonyl (C=O) groups is 2. The minimum Gasteiger partial charge on any atom is -0.466 e. The standard InChI is InChI=1S/C25H22N2O3/c1-30-25(29)19-12-6-5-11-18(19)16-26-24(28)21-15-23(17-9-3-2-4-10-17)27-22-14-8-7-13-20(21)22/h2-10,13-15H,11-12,16H2,1H3,(H,26,28). The number of carbonyl (C=O) groups excluding carboxylic acids is 2. The van der Waals surface area contributed by atoms with E-state index in [1.165, 1.54) is 7.11 Å². The van der Waals surface area contributed by atoms with E-state index < -0.39 is 0 Å². The highest BCUT2D eigenvalue weighted by molar-refractivity contribution is 6.07. The number of amides is 1. The molecule has 0 atom stereocenters. The molecule has 0 fully saturated rings. The van der Waals surface area contributed by atoms with Crippen molar-refractivity contribution in [2.24, 2.45) is 0 Å². The molecule has 0 spiro atoms. The van der Waals surface area contributed by atoms with Crippen molar-refractivity contribution in [1.82, 2.24) is 10.3 Å². The maximum atomic E-state index is 13.1. The highest BCUT2D eigenvalue weighted by atomic mass is 16.5. The van der Waals surface area contributed by atoms with Crippen LogP contribution in [-0.2, 0) is 9.53 Å². The number of benzene rings is 2. The predicted molar refractivity (Wildman–Crippen MR) is 117 cm³/mol. The molecule has 0 aliphatic heterocycles. The van der Waals surface area contributed by atoms with Crippen molar-refractivity contribution in [2.75, 3.05) is 13.7 Å². The summed E-state index contributed by atoms with van der Waals surface area (Å²) < 4.78 is 4.88. The van der Waals surface area contributed by atoms with Crippen LogP contribution in [0.1, 0.15) is 23.2 Å². The molecular formula is C25H22N2O3. The van der Waals surface area contributed by atoms with Gasteiger partial charge in [0.2, 0.25) is 0 Å². The fourth-order valence-electron chi connectivity index (χ4n) is 3.63. The molecule has 1 aliphatic carbocycles. The number of nitrogens with zero attached hydrogens (tertiary/aromatic N) is 1. The second-order valence-electron chi connectivity index (χ2n) is 7.07. The number of rotatable bonds is 5. The zero-order valence-electron chi connectivity index (χ0n) is 16.7. The Morgan fingerprint density at radius 3 is 2.53 bits per heavy atom. The summed E-state index contributed by atoms with van der Waals surface area (Å²) in [6, 6.07) is 19.2. The first-order valence-corrected chi connectivity index (χ1v) is 9.85. The molecule has 1 amide bonds. The van der Waals surface area contributed by atoms with Crippen LogP contribution >= 0.6 is 0 Å². The minimum atomic E-state index is -0.343. The first-order chi connectivity index (χ1) is 14.7. The summed E-state index contributed by atoms with van der Waals surface area (Å²) in [4.78, 5) is 29.9. The molecule has 1 aromatic heterocycles. The summed E-state index contributed by atoms with van der Waals surface area (Å²) in [5, 5.41) is 3.77. The van der Waals surface area contributed by atoms with Crippen molar-refractivity contribution in [3.8, 4) is 11.3 Å². The van der Waals surface area contributed by atoms with Crippen molar-refractivity contribution in [3.63, 3.8) is 0 Å². The number of ether oxygens (including phenoxy) is 1. The smallest absolute Gasteiger partial charge is 0.334 e. The monoisotopic (exact) mass is 398 g/mol. The summed E-state index contributed by atoms with van der Waals surface area (Å²) >= 11 is 0. The second kappa shape index (κ2) is 8.74. The van der Waals surface area contributed by atoms with E-state index in [9.17, 15) is 9.59 Å². The molecule has 5 heteroatoms. The Hall–Kier alpha value is -3.73. The van der Waals surface area contributed by atoms with Gasteiger partial charge in [0.15, 0.2) is 0 Å². The van der Waals surface area contributed by atoms with Crippen molar-refractivity contribution < 1.29 is 14.3 Å². The second-order valence-corrected chi connectivity index (χ2v) is 7.07. The van der Waals surface area contributed by atoms with Gasteiger partial charge in [0.1, 0.15) is 0 Å². The lowest BCUT2D eigenvalue weighted by atomic mass is 9.96. The number of aromatic nitrogens is 1. The van der Waals surface area contributed by atoms with Gasteiger partial charge >= 0.3 is 5.97 Å². The average Bonchev–Trinajstić information content (AvgIpc) is 2.82. The predicted octanol–water partition coefficient (Wildman–Crippen LogP) is 4.45. The first kappa shape index (κ1) is 19.6. The summed E-state index contributed by atoms with van der Waals surface area (Å²) in [7, 11) is 1.37. The van der Waals surface area contributed by atoms with E-state index in [1.807, 2.05) is 72.8 Å². The molecule has 0 saturated carbocycles. The topological polar surface area (TPSA) is 68.3 Å². The van der Waals surface area contributed by atoms with Crippen LogP contribution in [-0.4, -0.2) is 30.5 Å². The normalized spacial score (nSPS) is 13.4. The van der Waals surface area contributed by atoms with Crippen molar-refractivity contribution in [3.05, 3.63) is 89.5 Å². The Bertz CT molecular complexity index is 1160. The quantitative estimate of drug-likeness (QED) is 0.509. The van der Waals surface area contributed by atoms with Gasteiger partial charge in [-0.3, -0.25) is 4.79 Å². The lowest BCUT2D eigenvalue weighted by Gasteiger charge is -2.16. The van der Waals surface area contributed by atoms with Crippen LogP contribution in [0.3, 0.4) is 0 Å². The fourth-order valence-corrected chi connectivity index (χ4v) is 3.63. The van der Waals surface area contributed by atoms with Crippen LogP contribution in [0.25, 0.3) is 22.2 Å². The van der Waals surface area contributed by atoms with Gasteiger partial charge < -0.3 is 10.1 Å². The van der Waals surface area contributed by atoms with Crippen LogP contribution < -0.4 is 5.32 Å². The van der Waals surface area contributed by atoms with E-state index in [2.05, 4.69) is 5.32 Å². The summed E-state index contributed by atoms with van der Waals surface area (Å²) in [5.74, 6) is -0.540. The molecule has 150 valence electrons.